The number of amides is 1. The van der Waals surface area contributed by atoms with Gasteiger partial charge < -0.3 is 4.90 Å². The Morgan fingerprint density at radius 2 is 1.29 bits per heavy atom. The molecule has 0 N–H and O–H groups in total. The van der Waals surface area contributed by atoms with Crippen molar-refractivity contribution in [3.63, 3.8) is 0 Å². The molecule has 0 aliphatic rings. The van der Waals surface area contributed by atoms with Crippen molar-refractivity contribution >= 4 is 5.91 Å². The van der Waals surface area contributed by atoms with Crippen LogP contribution in [0.5, 0.6) is 0 Å². The van der Waals surface area contributed by atoms with Crippen LogP contribution in [0.25, 0.3) is 0 Å². The van der Waals surface area contributed by atoms with Crippen LogP contribution >= 0.6 is 0 Å². The van der Waals surface area contributed by atoms with Crippen LogP contribution < -0.4 is 0 Å². The van der Waals surface area contributed by atoms with Gasteiger partial charge >= 0.3 is 0 Å². The third-order valence-corrected chi connectivity index (χ3v) is 0.801. The molecule has 0 spiro atoms. The highest BCUT2D eigenvalue weighted by Gasteiger charge is 1.95. The van der Waals surface area contributed by atoms with Gasteiger partial charge in [-0.15, -0.1) is 13.2 Å². The number of rotatable bonds is 1. The van der Waals surface area contributed by atoms with E-state index < -0.39 is 0 Å². The summed E-state index contributed by atoms with van der Waals surface area (Å²) in [6, 6.07) is 0. The molecule has 0 saturated carbocycles. The quantitative estimate of drug-likeness (QED) is 0.595. The van der Waals surface area contributed by atoms with Crippen LogP contribution in [0.15, 0.2) is 13.2 Å². The summed E-state index contributed by atoms with van der Waals surface area (Å²) in [5.74, 6) is 0.181. The number of carbonyl (C=O) groups is 1. The van der Waals surface area contributed by atoms with Crippen molar-refractivity contribution in [3.8, 4) is 0 Å². The molecule has 0 unspecified atom stereocenters. The van der Waals surface area contributed by atoms with Gasteiger partial charge in [0.05, 0.1) is 0 Å². The predicted octanol–water partition coefficient (Wildman–Crippen LogP) is 3.73. The highest BCUT2D eigenvalue weighted by Crippen LogP contribution is 1.81. The Morgan fingerprint density at radius 3 is 1.29 bits per heavy atom. The lowest BCUT2D eigenvalue weighted by atomic mass is 10.4. The largest absolute Gasteiger partial charge is 0.349 e. The standard InChI is InChI=1S/C5H11NO.C3H8.C2H6.C2H4/c1-4-5(7)6(2)3;1-3-2;2*1-2/h4H2,1-3H3;3H2,1-2H3;1-2H3;1-2H2. The van der Waals surface area contributed by atoms with Crippen LogP contribution in [0.2, 0.25) is 0 Å². The van der Waals surface area contributed by atoms with Crippen molar-refractivity contribution < 1.29 is 4.79 Å². The molecule has 2 nitrogen and oxygen atoms in total. The summed E-state index contributed by atoms with van der Waals surface area (Å²) in [4.78, 5) is 12.0. The van der Waals surface area contributed by atoms with Crippen molar-refractivity contribution in [2.45, 2.75) is 47.5 Å². The molecule has 1 amide bonds. The maximum atomic E-state index is 10.4. The first kappa shape index (κ1) is 23.2. The van der Waals surface area contributed by atoms with Gasteiger partial charge in [0, 0.05) is 20.5 Å². The van der Waals surface area contributed by atoms with Gasteiger partial charge in [-0.05, 0) is 0 Å². The normalized spacial score (nSPS) is 6.21. The molecule has 2 heteroatoms. The van der Waals surface area contributed by atoms with Crippen molar-refractivity contribution in [1.82, 2.24) is 4.90 Å². The SMILES string of the molecule is C=C.CC.CCC.CCC(=O)N(C)C. The Bertz CT molecular complexity index is 90.3. The lowest BCUT2D eigenvalue weighted by Gasteiger charge is -2.05. The van der Waals surface area contributed by atoms with Crippen molar-refractivity contribution in [2.75, 3.05) is 14.1 Å². The summed E-state index contributed by atoms with van der Waals surface area (Å²) in [7, 11) is 3.51. The van der Waals surface area contributed by atoms with Crippen molar-refractivity contribution in [2.24, 2.45) is 0 Å². The Kier molecular flexibility index (Phi) is 48.9. The first-order valence-electron chi connectivity index (χ1n) is 5.30. The molecule has 0 atom stereocenters. The summed E-state index contributed by atoms with van der Waals surface area (Å²) in [6.07, 6.45) is 1.85. The Balaban J connectivity index is -0.0000000603. The molecule has 0 rings (SSSR count). The zero-order chi connectivity index (χ0) is 12.6. The second kappa shape index (κ2) is 29.5. The van der Waals surface area contributed by atoms with E-state index in [0.29, 0.717) is 6.42 Å². The van der Waals surface area contributed by atoms with E-state index in [-0.39, 0.29) is 5.91 Å². The number of hydrogen-bond donors (Lipinski definition) is 0. The molecule has 0 saturated heterocycles. The number of nitrogens with zero attached hydrogens (tertiary/aromatic N) is 1. The van der Waals surface area contributed by atoms with Crippen LogP contribution in [-0.4, -0.2) is 24.9 Å². The van der Waals surface area contributed by atoms with E-state index in [2.05, 4.69) is 27.0 Å². The van der Waals surface area contributed by atoms with Gasteiger partial charge in [-0.2, -0.15) is 0 Å². The first-order chi connectivity index (χ1) is 6.59. The molecule has 0 aliphatic carbocycles. The predicted molar refractivity (Wildman–Crippen MR) is 67.6 cm³/mol. The molecule has 0 fully saturated rings. The smallest absolute Gasteiger partial charge is 0.221 e. The summed E-state index contributed by atoms with van der Waals surface area (Å²) in [5.41, 5.74) is 0. The van der Waals surface area contributed by atoms with E-state index in [4.69, 9.17) is 0 Å². The highest BCUT2D eigenvalue weighted by atomic mass is 16.2. The molecule has 0 aliphatic heterocycles. The second-order valence-electron chi connectivity index (χ2n) is 2.35. The topological polar surface area (TPSA) is 20.3 Å². The van der Waals surface area contributed by atoms with E-state index >= 15 is 0 Å². The summed E-state index contributed by atoms with van der Waals surface area (Å²) in [5, 5.41) is 0. The maximum Gasteiger partial charge on any atom is 0.221 e. The first-order valence-corrected chi connectivity index (χ1v) is 5.30. The molecule has 0 bridgehead atoms. The minimum atomic E-state index is 0.181. The minimum absolute atomic E-state index is 0.181. The summed E-state index contributed by atoms with van der Waals surface area (Å²) in [6.45, 7) is 16.1. The van der Waals surface area contributed by atoms with E-state index in [0.717, 1.165) is 0 Å². The van der Waals surface area contributed by atoms with Crippen LogP contribution in [0.4, 0.5) is 0 Å². The van der Waals surface area contributed by atoms with Crippen molar-refractivity contribution in [3.05, 3.63) is 13.2 Å². The zero-order valence-corrected chi connectivity index (χ0v) is 11.2. The molecule has 0 aromatic rings. The molecule has 0 aromatic carbocycles. The number of hydrogen-bond acceptors (Lipinski definition) is 1. The Morgan fingerprint density at radius 1 is 1.07 bits per heavy atom. The van der Waals surface area contributed by atoms with E-state index in [1.165, 1.54) is 6.42 Å². The highest BCUT2D eigenvalue weighted by molar-refractivity contribution is 5.75. The molecule has 14 heavy (non-hydrogen) atoms. The Labute approximate surface area is 91.0 Å². The third kappa shape index (κ3) is 43.1. The fraction of sp³-hybridized carbons (Fsp3) is 0.750. The van der Waals surface area contributed by atoms with Crippen LogP contribution in [0, 0.1) is 0 Å². The van der Waals surface area contributed by atoms with E-state index in [9.17, 15) is 4.79 Å². The maximum absolute atomic E-state index is 10.4. The molecule has 0 radical (unpaired) electrons. The van der Waals surface area contributed by atoms with Crippen LogP contribution in [0.3, 0.4) is 0 Å². The average molecular weight is 203 g/mol. The summed E-state index contributed by atoms with van der Waals surface area (Å²) >= 11 is 0. The van der Waals surface area contributed by atoms with Crippen LogP contribution in [-0.2, 0) is 4.79 Å². The number of carbonyl (C=O) groups excluding carboxylic acids is 1. The second-order valence-corrected chi connectivity index (χ2v) is 2.35. The van der Waals surface area contributed by atoms with E-state index in [1.807, 2.05) is 20.8 Å². The van der Waals surface area contributed by atoms with Gasteiger partial charge in [0.2, 0.25) is 5.91 Å². The lowest BCUT2D eigenvalue weighted by molar-refractivity contribution is -0.128. The minimum Gasteiger partial charge on any atom is -0.349 e. The molecular weight excluding hydrogens is 174 g/mol. The van der Waals surface area contributed by atoms with Crippen LogP contribution in [0.1, 0.15) is 47.5 Å². The van der Waals surface area contributed by atoms with Gasteiger partial charge in [-0.25, -0.2) is 0 Å². The fourth-order valence-electron chi connectivity index (χ4n) is 0.316. The summed E-state index contributed by atoms with van der Waals surface area (Å²) < 4.78 is 0. The Hall–Kier alpha value is -0.790. The zero-order valence-electron chi connectivity index (χ0n) is 11.2. The fourth-order valence-corrected chi connectivity index (χ4v) is 0.316. The van der Waals surface area contributed by atoms with Gasteiger partial charge in [0.15, 0.2) is 0 Å². The molecule has 0 aromatic heterocycles. The van der Waals surface area contributed by atoms with E-state index in [1.54, 1.807) is 19.0 Å². The molecule has 0 heterocycles. The van der Waals surface area contributed by atoms with Gasteiger partial charge in [-0.1, -0.05) is 41.0 Å². The van der Waals surface area contributed by atoms with Gasteiger partial charge in [-0.3, -0.25) is 4.79 Å². The van der Waals surface area contributed by atoms with Gasteiger partial charge in [0.25, 0.3) is 0 Å². The lowest BCUT2D eigenvalue weighted by Crippen LogP contribution is -2.19. The molecule has 88 valence electrons. The monoisotopic (exact) mass is 203 g/mol. The van der Waals surface area contributed by atoms with Gasteiger partial charge in [0.1, 0.15) is 0 Å². The van der Waals surface area contributed by atoms with Crippen molar-refractivity contribution in [1.29, 1.82) is 0 Å². The average Bonchev–Trinajstić information content (AvgIpc) is 2.23. The third-order valence-electron chi connectivity index (χ3n) is 0.801. The molecular formula is C12H29NO.